The molecule has 0 radical (unpaired) electrons. The molecule has 2 unspecified atom stereocenters. The Balaban J connectivity index is 1.46. The predicted molar refractivity (Wildman–Crippen MR) is 110 cm³/mol. The number of carboxylic acids is 1. The Hall–Kier alpha value is -2.42. The summed E-state index contributed by atoms with van der Waals surface area (Å²) in [4.78, 5) is 39.0. The summed E-state index contributed by atoms with van der Waals surface area (Å²) in [5.41, 5.74) is 6.52. The number of thioether (sulfide) groups is 2. The highest BCUT2D eigenvalue weighted by Crippen LogP contribution is 2.41. The van der Waals surface area contributed by atoms with Gasteiger partial charge in [0.05, 0.1) is 0 Å². The molecular weight excluding hydrogens is 450 g/mol. The van der Waals surface area contributed by atoms with E-state index in [0.29, 0.717) is 27.1 Å². The third kappa shape index (κ3) is 3.71. The predicted octanol–water partition coefficient (Wildman–Crippen LogP) is -0.198. The summed E-state index contributed by atoms with van der Waals surface area (Å²) < 4.78 is 1.49. The van der Waals surface area contributed by atoms with Crippen molar-refractivity contribution in [3.8, 4) is 0 Å². The van der Waals surface area contributed by atoms with Crippen LogP contribution in [0, 0.1) is 0 Å². The number of aliphatic carboxylic acids is 1. The van der Waals surface area contributed by atoms with Crippen molar-refractivity contribution in [2.45, 2.75) is 22.6 Å². The van der Waals surface area contributed by atoms with E-state index >= 15 is 0 Å². The van der Waals surface area contributed by atoms with Crippen molar-refractivity contribution in [2.24, 2.45) is 12.8 Å². The molecule has 4 N–H and O–H groups in total. The first kappa shape index (κ1) is 20.8. The molecule has 158 valence electrons. The molecule has 0 saturated carbocycles. The maximum absolute atomic E-state index is 12.7. The number of hydrogen-bond donors (Lipinski definition) is 3. The van der Waals surface area contributed by atoms with Gasteiger partial charge in [-0.3, -0.25) is 14.5 Å². The van der Waals surface area contributed by atoms with Gasteiger partial charge in [-0.05, 0) is 27.4 Å². The minimum absolute atomic E-state index is 0.0422. The maximum atomic E-state index is 12.7. The second-order valence-electron chi connectivity index (χ2n) is 6.52. The van der Waals surface area contributed by atoms with Gasteiger partial charge in [-0.25, -0.2) is 9.48 Å². The largest absolute Gasteiger partial charge is 0.477 e. The molecule has 0 aliphatic carbocycles. The highest BCUT2D eigenvalue weighted by atomic mass is 32.2. The first-order valence-electron chi connectivity index (χ1n) is 8.73. The van der Waals surface area contributed by atoms with Gasteiger partial charge in [0, 0.05) is 23.4 Å². The first-order valence-corrected chi connectivity index (χ1v) is 11.6. The number of amides is 2. The van der Waals surface area contributed by atoms with Crippen LogP contribution in [0.25, 0.3) is 0 Å². The van der Waals surface area contributed by atoms with Crippen LogP contribution in [-0.4, -0.2) is 70.9 Å². The lowest BCUT2D eigenvalue weighted by atomic mass is 10.0. The highest BCUT2D eigenvalue weighted by Gasteiger charge is 2.54. The minimum Gasteiger partial charge on any atom is -0.477 e. The van der Waals surface area contributed by atoms with Gasteiger partial charge in [0.25, 0.3) is 5.91 Å². The van der Waals surface area contributed by atoms with Crippen LogP contribution in [0.3, 0.4) is 0 Å². The SMILES string of the molecule is Cn1nnnc1SCC1=C(C(=O)O)N2C(=O)[C@@H](NC(=O)C(N)c3cccs3)C2SC1. The standard InChI is InChI=1S/C16H17N7O4S3/c1-22-16(19-20-21-22)30-6-7-5-29-14-10(13(25)23(14)11(7)15(26)27)18-12(24)9(17)8-3-2-4-28-8/h2-4,9-10,14H,5-6,17H2,1H3,(H,18,24)(H,26,27)/t9?,10-,14?/m1/s1. The van der Waals surface area contributed by atoms with Gasteiger partial charge >= 0.3 is 5.97 Å². The molecule has 4 rings (SSSR count). The average Bonchev–Trinajstić information content (AvgIpc) is 3.40. The van der Waals surface area contributed by atoms with Crippen molar-refractivity contribution < 1.29 is 19.5 Å². The number of nitrogens with zero attached hydrogens (tertiary/aromatic N) is 5. The number of nitrogens with one attached hydrogen (secondary N) is 1. The Labute approximate surface area is 183 Å². The summed E-state index contributed by atoms with van der Waals surface area (Å²) in [6, 6.07) is 1.86. The molecule has 2 aromatic rings. The monoisotopic (exact) mass is 467 g/mol. The van der Waals surface area contributed by atoms with E-state index in [1.165, 1.54) is 44.4 Å². The molecular formula is C16H17N7O4S3. The second kappa shape index (κ2) is 8.37. The number of aromatic nitrogens is 4. The van der Waals surface area contributed by atoms with E-state index in [4.69, 9.17) is 5.73 Å². The Morgan fingerprint density at radius 3 is 2.93 bits per heavy atom. The number of rotatable bonds is 7. The van der Waals surface area contributed by atoms with Crippen LogP contribution in [0.4, 0.5) is 0 Å². The number of aryl methyl sites for hydroxylation is 1. The molecule has 0 spiro atoms. The van der Waals surface area contributed by atoms with Crippen molar-refractivity contribution in [3.05, 3.63) is 33.7 Å². The topological polar surface area (TPSA) is 156 Å². The van der Waals surface area contributed by atoms with Gasteiger partial charge in [0.1, 0.15) is 23.2 Å². The Morgan fingerprint density at radius 1 is 1.50 bits per heavy atom. The molecule has 0 bridgehead atoms. The number of thiophene rings is 1. The third-order valence-electron chi connectivity index (χ3n) is 4.64. The van der Waals surface area contributed by atoms with E-state index < -0.39 is 35.2 Å². The van der Waals surface area contributed by atoms with Crippen LogP contribution in [0.2, 0.25) is 0 Å². The van der Waals surface area contributed by atoms with E-state index in [-0.39, 0.29) is 5.70 Å². The van der Waals surface area contributed by atoms with Crippen molar-refractivity contribution in [3.63, 3.8) is 0 Å². The smallest absolute Gasteiger partial charge is 0.352 e. The number of carbonyl (C=O) groups excluding carboxylic acids is 2. The highest BCUT2D eigenvalue weighted by molar-refractivity contribution is 8.01. The summed E-state index contributed by atoms with van der Waals surface area (Å²) >= 11 is 4.05. The molecule has 11 nitrogen and oxygen atoms in total. The molecule has 14 heteroatoms. The zero-order valence-electron chi connectivity index (χ0n) is 15.6. The summed E-state index contributed by atoms with van der Waals surface area (Å²) in [5.74, 6) is -1.36. The zero-order chi connectivity index (χ0) is 21.4. The van der Waals surface area contributed by atoms with E-state index in [9.17, 15) is 19.5 Å². The fourth-order valence-electron chi connectivity index (χ4n) is 3.13. The van der Waals surface area contributed by atoms with Gasteiger partial charge in [0.15, 0.2) is 0 Å². The number of fused-ring (bicyclic) bond motifs is 1. The van der Waals surface area contributed by atoms with Gasteiger partial charge < -0.3 is 16.2 Å². The van der Waals surface area contributed by atoms with Crippen molar-refractivity contribution in [1.82, 2.24) is 30.4 Å². The number of tetrazole rings is 1. The summed E-state index contributed by atoms with van der Waals surface area (Å²) in [6.45, 7) is 0. The van der Waals surface area contributed by atoms with Crippen LogP contribution in [0.15, 0.2) is 33.9 Å². The number of carbonyl (C=O) groups is 3. The summed E-state index contributed by atoms with van der Waals surface area (Å²) in [6.07, 6.45) is 0. The lowest BCUT2D eigenvalue weighted by Crippen LogP contribution is -2.71. The normalized spacial score (nSPS) is 21.8. The Kier molecular flexibility index (Phi) is 5.81. The van der Waals surface area contributed by atoms with Gasteiger partial charge in [-0.1, -0.05) is 17.8 Å². The molecule has 30 heavy (non-hydrogen) atoms. The maximum Gasteiger partial charge on any atom is 0.352 e. The lowest BCUT2D eigenvalue weighted by Gasteiger charge is -2.49. The molecule has 4 heterocycles. The summed E-state index contributed by atoms with van der Waals surface area (Å²) in [5, 5.41) is 25.4. The number of β-lactam (4-membered cyclic amide) rings is 1. The quantitative estimate of drug-likeness (QED) is 0.368. The molecule has 2 amide bonds. The molecule has 2 aliphatic heterocycles. The number of nitrogens with two attached hydrogens (primary N) is 1. The van der Waals surface area contributed by atoms with Gasteiger partial charge in [-0.2, -0.15) is 0 Å². The van der Waals surface area contributed by atoms with Crippen LogP contribution in [0.5, 0.6) is 0 Å². The number of carboxylic acid groups (broad SMARTS) is 1. The fourth-order valence-corrected chi connectivity index (χ4v) is 6.19. The summed E-state index contributed by atoms with van der Waals surface area (Å²) in [7, 11) is 1.69. The second-order valence-corrected chi connectivity index (χ2v) is 9.55. The van der Waals surface area contributed by atoms with Crippen molar-refractivity contribution in [2.75, 3.05) is 11.5 Å². The van der Waals surface area contributed by atoms with Gasteiger partial charge in [-0.15, -0.1) is 28.2 Å². The molecule has 1 fully saturated rings. The van der Waals surface area contributed by atoms with Crippen LogP contribution in [-0.2, 0) is 21.4 Å². The first-order chi connectivity index (χ1) is 14.4. The Morgan fingerprint density at radius 2 is 2.30 bits per heavy atom. The fraction of sp³-hybridized carbons (Fsp3) is 0.375. The lowest BCUT2D eigenvalue weighted by molar-refractivity contribution is -0.150. The van der Waals surface area contributed by atoms with E-state index in [0.717, 1.165) is 0 Å². The van der Waals surface area contributed by atoms with Gasteiger partial charge in [0.2, 0.25) is 11.1 Å². The van der Waals surface area contributed by atoms with Crippen LogP contribution in [0.1, 0.15) is 10.9 Å². The number of hydrogen-bond acceptors (Lipinski definition) is 10. The van der Waals surface area contributed by atoms with Crippen molar-refractivity contribution in [1.29, 1.82) is 0 Å². The van der Waals surface area contributed by atoms with E-state index in [1.807, 2.05) is 5.38 Å². The molecule has 1 saturated heterocycles. The molecule has 2 aromatic heterocycles. The molecule has 3 atom stereocenters. The van der Waals surface area contributed by atoms with Crippen LogP contribution < -0.4 is 11.1 Å². The average molecular weight is 468 g/mol. The third-order valence-corrected chi connectivity index (χ3v) is 8.03. The van der Waals surface area contributed by atoms with Crippen LogP contribution >= 0.6 is 34.9 Å². The molecule has 2 aliphatic rings. The van der Waals surface area contributed by atoms with E-state index in [2.05, 4.69) is 20.8 Å². The Bertz CT molecular complexity index is 1020. The minimum atomic E-state index is -1.18. The van der Waals surface area contributed by atoms with E-state index in [1.54, 1.807) is 19.2 Å². The van der Waals surface area contributed by atoms with Crippen molar-refractivity contribution >= 4 is 52.6 Å². The zero-order valence-corrected chi connectivity index (χ0v) is 18.0. The molecule has 0 aromatic carbocycles.